The molecule has 0 aromatic heterocycles. The summed E-state index contributed by atoms with van der Waals surface area (Å²) in [7, 11) is -3.15. The first kappa shape index (κ1) is 23.2. The van der Waals surface area contributed by atoms with Crippen molar-refractivity contribution in [2.24, 2.45) is 5.92 Å². The van der Waals surface area contributed by atoms with Crippen molar-refractivity contribution in [1.82, 2.24) is 9.80 Å². The molecule has 0 spiro atoms. The maximum absolute atomic E-state index is 11.8. The van der Waals surface area contributed by atoms with Crippen molar-refractivity contribution >= 4 is 15.5 Å². The molecule has 0 amide bonds. The summed E-state index contributed by atoms with van der Waals surface area (Å²) >= 11 is 0. The Hall–Kier alpha value is -1.11. The summed E-state index contributed by atoms with van der Waals surface area (Å²) < 4.78 is 23.6. The minimum absolute atomic E-state index is 0.411. The average molecular weight is 410 g/mol. The maximum Gasteiger partial charge on any atom is 0.175 e. The molecule has 0 radical (unpaired) electrons. The van der Waals surface area contributed by atoms with Crippen LogP contribution in [-0.4, -0.2) is 76.3 Å². The first-order chi connectivity index (χ1) is 13.3. The van der Waals surface area contributed by atoms with Gasteiger partial charge in [-0.2, -0.15) is 0 Å². The molecule has 3 rings (SSSR count). The van der Waals surface area contributed by atoms with Gasteiger partial charge >= 0.3 is 0 Å². The fraction of sp³-hybridized carbons (Fsp3) is 0.727. The summed E-state index contributed by atoms with van der Waals surface area (Å²) in [5.41, 5.74) is 1.03. The number of sulfone groups is 1. The molecule has 0 bridgehead atoms. The SMILES string of the molecule is CC.CC(C)N1CCC(CN2CCN(c3cccc(S(C)(=O)=O)c3)CC2)CC1. The van der Waals surface area contributed by atoms with Gasteiger partial charge in [-0.05, 0) is 63.9 Å². The average Bonchev–Trinajstić information content (AvgIpc) is 2.70. The zero-order valence-electron chi connectivity index (χ0n) is 18.4. The molecule has 0 saturated carbocycles. The molecule has 1 aromatic rings. The molecule has 0 unspecified atom stereocenters. The minimum Gasteiger partial charge on any atom is -0.369 e. The number of piperidine rings is 1. The predicted octanol–water partition coefficient (Wildman–Crippen LogP) is 3.36. The van der Waals surface area contributed by atoms with E-state index in [1.165, 1.54) is 38.7 Å². The van der Waals surface area contributed by atoms with Crippen LogP contribution in [0, 0.1) is 5.92 Å². The lowest BCUT2D eigenvalue weighted by atomic mass is 9.95. The van der Waals surface area contributed by atoms with Crippen LogP contribution in [0.1, 0.15) is 40.5 Å². The lowest BCUT2D eigenvalue weighted by Gasteiger charge is -2.40. The molecule has 2 heterocycles. The van der Waals surface area contributed by atoms with Crippen LogP contribution < -0.4 is 4.90 Å². The minimum atomic E-state index is -3.15. The molecule has 2 aliphatic heterocycles. The number of anilines is 1. The van der Waals surface area contributed by atoms with E-state index in [9.17, 15) is 8.42 Å². The van der Waals surface area contributed by atoms with E-state index < -0.39 is 9.84 Å². The first-order valence-corrected chi connectivity index (χ1v) is 12.7. The molecule has 28 heavy (non-hydrogen) atoms. The van der Waals surface area contributed by atoms with Gasteiger partial charge in [0.05, 0.1) is 4.90 Å². The van der Waals surface area contributed by atoms with E-state index in [1.54, 1.807) is 6.07 Å². The molecule has 0 atom stereocenters. The molecule has 160 valence electrons. The van der Waals surface area contributed by atoms with Gasteiger partial charge in [0, 0.05) is 50.7 Å². The standard InChI is InChI=1S/C20H33N3O2S.C2H6/c1-17(2)22-9-7-18(8-10-22)16-21-11-13-23(14-12-21)19-5-4-6-20(15-19)26(3,24)25;1-2/h4-6,15,17-18H,7-14,16H2,1-3H3;1-2H3. The van der Waals surface area contributed by atoms with E-state index in [1.807, 2.05) is 32.0 Å². The number of hydrogen-bond donors (Lipinski definition) is 0. The highest BCUT2D eigenvalue weighted by molar-refractivity contribution is 7.90. The Morgan fingerprint density at radius 1 is 1.00 bits per heavy atom. The molecule has 2 aliphatic rings. The fourth-order valence-electron chi connectivity index (χ4n) is 4.12. The van der Waals surface area contributed by atoms with E-state index in [0.717, 1.165) is 37.8 Å². The van der Waals surface area contributed by atoms with E-state index in [4.69, 9.17) is 0 Å². The lowest BCUT2D eigenvalue weighted by Crippen LogP contribution is -2.49. The molecular weight excluding hydrogens is 370 g/mol. The Bertz CT molecular complexity index is 689. The van der Waals surface area contributed by atoms with E-state index in [0.29, 0.717) is 10.9 Å². The fourth-order valence-corrected chi connectivity index (χ4v) is 4.78. The molecule has 1 aromatic carbocycles. The quantitative estimate of drug-likeness (QED) is 0.746. The maximum atomic E-state index is 11.8. The van der Waals surface area contributed by atoms with Gasteiger partial charge in [-0.15, -0.1) is 0 Å². The second-order valence-corrected chi connectivity index (χ2v) is 10.1. The predicted molar refractivity (Wildman–Crippen MR) is 119 cm³/mol. The van der Waals surface area contributed by atoms with Gasteiger partial charge in [0.1, 0.15) is 0 Å². The number of nitrogens with zero attached hydrogens (tertiary/aromatic N) is 3. The normalized spacial score (nSPS) is 20.1. The highest BCUT2D eigenvalue weighted by atomic mass is 32.2. The summed E-state index contributed by atoms with van der Waals surface area (Å²) in [6, 6.07) is 8.03. The summed E-state index contributed by atoms with van der Waals surface area (Å²) in [5, 5.41) is 0. The third-order valence-electron chi connectivity index (χ3n) is 5.88. The van der Waals surface area contributed by atoms with Gasteiger partial charge in [0.15, 0.2) is 9.84 Å². The number of likely N-dealkylation sites (tertiary alicyclic amines) is 1. The first-order valence-electron chi connectivity index (χ1n) is 10.8. The Morgan fingerprint density at radius 3 is 2.14 bits per heavy atom. The van der Waals surface area contributed by atoms with Crippen LogP contribution in [0.3, 0.4) is 0 Å². The van der Waals surface area contributed by atoms with Gasteiger partial charge in [0.2, 0.25) is 0 Å². The number of benzene rings is 1. The van der Waals surface area contributed by atoms with Crippen molar-refractivity contribution in [2.75, 3.05) is 57.0 Å². The Labute approximate surface area is 172 Å². The van der Waals surface area contributed by atoms with Crippen LogP contribution in [0.2, 0.25) is 0 Å². The van der Waals surface area contributed by atoms with Crippen molar-refractivity contribution < 1.29 is 8.42 Å². The number of rotatable bonds is 5. The smallest absolute Gasteiger partial charge is 0.175 e. The van der Waals surface area contributed by atoms with Crippen molar-refractivity contribution in [3.05, 3.63) is 24.3 Å². The van der Waals surface area contributed by atoms with Gasteiger partial charge in [-0.1, -0.05) is 19.9 Å². The topological polar surface area (TPSA) is 43.9 Å². The summed E-state index contributed by atoms with van der Waals surface area (Å²) in [5.74, 6) is 0.824. The van der Waals surface area contributed by atoms with Crippen LogP contribution in [-0.2, 0) is 9.84 Å². The molecule has 6 heteroatoms. The highest BCUT2D eigenvalue weighted by Crippen LogP contribution is 2.23. The summed E-state index contributed by atoms with van der Waals surface area (Å²) in [6.07, 6.45) is 3.90. The third kappa shape index (κ3) is 6.46. The van der Waals surface area contributed by atoms with E-state index >= 15 is 0 Å². The van der Waals surface area contributed by atoms with Crippen molar-refractivity contribution in [3.63, 3.8) is 0 Å². The largest absolute Gasteiger partial charge is 0.369 e. The van der Waals surface area contributed by atoms with Crippen molar-refractivity contribution in [1.29, 1.82) is 0 Å². The Morgan fingerprint density at radius 2 is 1.61 bits per heavy atom. The molecule has 0 N–H and O–H groups in total. The molecule has 2 saturated heterocycles. The third-order valence-corrected chi connectivity index (χ3v) is 6.99. The van der Waals surface area contributed by atoms with Crippen LogP contribution in [0.5, 0.6) is 0 Å². The lowest BCUT2D eigenvalue weighted by molar-refractivity contribution is 0.119. The molecule has 0 aliphatic carbocycles. The van der Waals surface area contributed by atoms with Crippen LogP contribution in [0.4, 0.5) is 5.69 Å². The highest BCUT2D eigenvalue weighted by Gasteiger charge is 2.25. The monoisotopic (exact) mass is 409 g/mol. The van der Waals surface area contributed by atoms with Crippen molar-refractivity contribution in [2.45, 2.75) is 51.5 Å². The van der Waals surface area contributed by atoms with E-state index in [-0.39, 0.29) is 0 Å². The summed E-state index contributed by atoms with van der Waals surface area (Å²) in [4.78, 5) is 7.90. The zero-order chi connectivity index (χ0) is 20.7. The molecule has 5 nitrogen and oxygen atoms in total. The van der Waals surface area contributed by atoms with Gasteiger partial charge in [0.25, 0.3) is 0 Å². The Kier molecular flexibility index (Phi) is 8.78. The molecule has 2 fully saturated rings. The number of hydrogen-bond acceptors (Lipinski definition) is 5. The van der Waals surface area contributed by atoms with E-state index in [2.05, 4.69) is 28.5 Å². The van der Waals surface area contributed by atoms with Crippen molar-refractivity contribution in [3.8, 4) is 0 Å². The van der Waals surface area contributed by atoms with Gasteiger partial charge in [-0.25, -0.2) is 8.42 Å². The number of piperazine rings is 1. The molecular formula is C22H39N3O2S. The van der Waals surface area contributed by atoms with Gasteiger partial charge in [-0.3, -0.25) is 4.90 Å². The van der Waals surface area contributed by atoms with Gasteiger partial charge < -0.3 is 9.80 Å². The van der Waals surface area contributed by atoms with Crippen LogP contribution in [0.25, 0.3) is 0 Å². The zero-order valence-corrected chi connectivity index (χ0v) is 19.2. The Balaban J connectivity index is 0.00000136. The second-order valence-electron chi connectivity index (χ2n) is 8.13. The van der Waals surface area contributed by atoms with Crippen LogP contribution in [0.15, 0.2) is 29.2 Å². The summed E-state index contributed by atoms with van der Waals surface area (Å²) in [6.45, 7) is 16.3. The van der Waals surface area contributed by atoms with Crippen LogP contribution >= 0.6 is 0 Å². The second kappa shape index (κ2) is 10.6.